The van der Waals surface area contributed by atoms with E-state index >= 15 is 0 Å². The maximum atomic E-state index is 9.05. The van der Waals surface area contributed by atoms with E-state index in [1.165, 1.54) is 6.42 Å². The molecule has 2 heteroatoms. The van der Waals surface area contributed by atoms with Crippen molar-refractivity contribution in [1.82, 2.24) is 0 Å². The molecule has 0 atom stereocenters. The first-order valence-corrected chi connectivity index (χ1v) is 6.86. The fourth-order valence-corrected chi connectivity index (χ4v) is 3.78. The van der Waals surface area contributed by atoms with E-state index in [2.05, 4.69) is 33.8 Å². The Kier molecular flexibility index (Phi) is 3.13. The van der Waals surface area contributed by atoms with Gasteiger partial charge < -0.3 is 4.74 Å². The zero-order valence-corrected chi connectivity index (χ0v) is 12.8. The van der Waals surface area contributed by atoms with Crippen LogP contribution in [0.1, 0.15) is 50.8 Å². The van der Waals surface area contributed by atoms with E-state index in [4.69, 9.17) is 10.00 Å². The van der Waals surface area contributed by atoms with E-state index < -0.39 is 0 Å². The van der Waals surface area contributed by atoms with E-state index in [0.717, 1.165) is 22.4 Å². The number of hydrogen-bond donors (Lipinski definition) is 0. The standard InChI is InChI=1S/C17H23NO/c1-11-12(2)14(8-7-13(11)9-18)19-15-16(3,4)10-17(15,5)6/h7-8,15H,10H2,1-6H3. The van der Waals surface area contributed by atoms with Crippen LogP contribution in [0.5, 0.6) is 5.75 Å². The molecular weight excluding hydrogens is 234 g/mol. The van der Waals surface area contributed by atoms with Gasteiger partial charge >= 0.3 is 0 Å². The van der Waals surface area contributed by atoms with Gasteiger partial charge in [0.15, 0.2) is 0 Å². The third kappa shape index (κ3) is 2.23. The zero-order chi connectivity index (χ0) is 14.4. The topological polar surface area (TPSA) is 33.0 Å². The number of ether oxygens (including phenoxy) is 1. The molecule has 0 N–H and O–H groups in total. The summed E-state index contributed by atoms with van der Waals surface area (Å²) in [6, 6.07) is 6.01. The summed E-state index contributed by atoms with van der Waals surface area (Å²) < 4.78 is 6.28. The molecule has 0 aliphatic heterocycles. The van der Waals surface area contributed by atoms with Crippen molar-refractivity contribution in [2.45, 2.75) is 54.1 Å². The number of rotatable bonds is 2. The van der Waals surface area contributed by atoms with Gasteiger partial charge in [0.2, 0.25) is 0 Å². The van der Waals surface area contributed by atoms with Gasteiger partial charge in [-0.2, -0.15) is 5.26 Å². The fraction of sp³-hybridized carbons (Fsp3) is 0.588. The lowest BCUT2D eigenvalue weighted by molar-refractivity contribution is -0.134. The number of nitriles is 1. The fourth-order valence-electron chi connectivity index (χ4n) is 3.78. The minimum atomic E-state index is 0.220. The molecule has 0 unspecified atom stereocenters. The lowest BCUT2D eigenvalue weighted by atomic mass is 9.53. The smallest absolute Gasteiger partial charge is 0.123 e. The van der Waals surface area contributed by atoms with Gasteiger partial charge in [0, 0.05) is 10.8 Å². The Morgan fingerprint density at radius 3 is 2.16 bits per heavy atom. The molecule has 2 rings (SSSR count). The highest BCUT2D eigenvalue weighted by Gasteiger charge is 2.54. The molecule has 0 radical (unpaired) electrons. The second kappa shape index (κ2) is 4.27. The first-order chi connectivity index (χ1) is 8.69. The highest BCUT2D eigenvalue weighted by Crippen LogP contribution is 2.55. The second-order valence-electron chi connectivity index (χ2n) is 7.12. The maximum Gasteiger partial charge on any atom is 0.123 e. The third-order valence-electron chi connectivity index (χ3n) is 4.43. The molecule has 0 saturated heterocycles. The summed E-state index contributed by atoms with van der Waals surface area (Å²) in [5.74, 6) is 0.919. The van der Waals surface area contributed by atoms with Gasteiger partial charge in [-0.3, -0.25) is 0 Å². The molecule has 0 bridgehead atoms. The van der Waals surface area contributed by atoms with Gasteiger partial charge in [-0.25, -0.2) is 0 Å². The van der Waals surface area contributed by atoms with Gasteiger partial charge in [0.1, 0.15) is 11.9 Å². The molecule has 1 aliphatic carbocycles. The monoisotopic (exact) mass is 257 g/mol. The lowest BCUT2D eigenvalue weighted by Gasteiger charge is -2.56. The van der Waals surface area contributed by atoms with Crippen LogP contribution in [0.25, 0.3) is 0 Å². The number of nitrogens with zero attached hydrogens (tertiary/aromatic N) is 1. The minimum absolute atomic E-state index is 0.220. The van der Waals surface area contributed by atoms with Crippen molar-refractivity contribution in [1.29, 1.82) is 5.26 Å². The number of hydrogen-bond acceptors (Lipinski definition) is 2. The minimum Gasteiger partial charge on any atom is -0.489 e. The summed E-state index contributed by atoms with van der Waals surface area (Å²) in [7, 11) is 0. The predicted molar refractivity (Wildman–Crippen MR) is 77.2 cm³/mol. The molecule has 102 valence electrons. The number of benzene rings is 1. The summed E-state index contributed by atoms with van der Waals surface area (Å²) >= 11 is 0. The summed E-state index contributed by atoms with van der Waals surface area (Å²) in [5.41, 5.74) is 3.28. The van der Waals surface area contributed by atoms with Crippen LogP contribution in [0, 0.1) is 36.0 Å². The largest absolute Gasteiger partial charge is 0.489 e. The first kappa shape index (κ1) is 13.9. The van der Waals surface area contributed by atoms with Crippen molar-refractivity contribution >= 4 is 0 Å². The Bertz CT molecular complexity index is 535. The SMILES string of the molecule is Cc1c(C#N)ccc(OC2C(C)(C)CC2(C)C)c1C. The Hall–Kier alpha value is -1.49. The summed E-state index contributed by atoms with van der Waals surface area (Å²) in [6.07, 6.45) is 1.41. The van der Waals surface area contributed by atoms with Crippen molar-refractivity contribution in [3.05, 3.63) is 28.8 Å². The Morgan fingerprint density at radius 1 is 1.11 bits per heavy atom. The van der Waals surface area contributed by atoms with E-state index in [9.17, 15) is 0 Å². The molecule has 2 nitrogen and oxygen atoms in total. The molecule has 1 fully saturated rings. The summed E-state index contributed by atoms with van der Waals surface area (Å²) in [4.78, 5) is 0. The van der Waals surface area contributed by atoms with Crippen LogP contribution in [0.3, 0.4) is 0 Å². The van der Waals surface area contributed by atoms with Crippen LogP contribution in [0.4, 0.5) is 0 Å². The highest BCUT2D eigenvalue weighted by molar-refractivity contribution is 5.48. The summed E-state index contributed by atoms with van der Waals surface area (Å²) in [5, 5.41) is 9.05. The third-order valence-corrected chi connectivity index (χ3v) is 4.43. The normalized spacial score (nSPS) is 20.5. The van der Waals surface area contributed by atoms with Crippen LogP contribution >= 0.6 is 0 Å². The molecule has 19 heavy (non-hydrogen) atoms. The van der Waals surface area contributed by atoms with Crippen LogP contribution in [-0.2, 0) is 0 Å². The average Bonchev–Trinajstić information content (AvgIpc) is 2.29. The predicted octanol–water partition coefficient (Wildman–Crippen LogP) is 4.38. The average molecular weight is 257 g/mol. The lowest BCUT2D eigenvalue weighted by Crippen LogP contribution is -2.58. The van der Waals surface area contributed by atoms with Gasteiger partial charge in [0.25, 0.3) is 0 Å². The van der Waals surface area contributed by atoms with Crippen molar-refractivity contribution in [2.75, 3.05) is 0 Å². The first-order valence-electron chi connectivity index (χ1n) is 6.86. The Morgan fingerprint density at radius 2 is 1.68 bits per heavy atom. The molecule has 1 aliphatic rings. The van der Waals surface area contributed by atoms with Gasteiger partial charge in [-0.1, -0.05) is 27.7 Å². The van der Waals surface area contributed by atoms with Crippen LogP contribution < -0.4 is 4.74 Å². The molecule has 1 aromatic rings. The summed E-state index contributed by atoms with van der Waals surface area (Å²) in [6.45, 7) is 13.1. The molecule has 0 heterocycles. The van der Waals surface area contributed by atoms with Crippen molar-refractivity contribution in [3.8, 4) is 11.8 Å². The molecule has 1 saturated carbocycles. The quantitative estimate of drug-likeness (QED) is 0.787. The van der Waals surface area contributed by atoms with Crippen molar-refractivity contribution in [2.24, 2.45) is 10.8 Å². The van der Waals surface area contributed by atoms with Gasteiger partial charge in [-0.05, 0) is 43.5 Å². The Balaban J connectivity index is 2.31. The van der Waals surface area contributed by atoms with E-state index in [0.29, 0.717) is 0 Å². The van der Waals surface area contributed by atoms with E-state index in [1.54, 1.807) is 0 Å². The zero-order valence-electron chi connectivity index (χ0n) is 12.8. The van der Waals surface area contributed by atoms with Gasteiger partial charge in [-0.15, -0.1) is 0 Å². The van der Waals surface area contributed by atoms with E-state index in [1.807, 2.05) is 26.0 Å². The molecular formula is C17H23NO. The van der Waals surface area contributed by atoms with E-state index in [-0.39, 0.29) is 16.9 Å². The molecule has 0 spiro atoms. The molecule has 1 aromatic carbocycles. The van der Waals surface area contributed by atoms with Crippen LogP contribution in [-0.4, -0.2) is 6.10 Å². The van der Waals surface area contributed by atoms with Crippen LogP contribution in [0.2, 0.25) is 0 Å². The molecule has 0 amide bonds. The highest BCUT2D eigenvalue weighted by atomic mass is 16.5. The Labute approximate surface area is 116 Å². The molecule has 0 aromatic heterocycles. The van der Waals surface area contributed by atoms with Gasteiger partial charge in [0.05, 0.1) is 11.6 Å². The van der Waals surface area contributed by atoms with Crippen LogP contribution in [0.15, 0.2) is 12.1 Å². The van der Waals surface area contributed by atoms with Crippen molar-refractivity contribution in [3.63, 3.8) is 0 Å². The maximum absolute atomic E-state index is 9.05. The van der Waals surface area contributed by atoms with Crippen molar-refractivity contribution < 1.29 is 4.74 Å². The second-order valence-corrected chi connectivity index (χ2v) is 7.12.